The Bertz CT molecular complexity index is 584. The highest BCUT2D eigenvalue weighted by Crippen LogP contribution is 2.27. The molecule has 0 atom stereocenters. The van der Waals surface area contributed by atoms with Gasteiger partial charge in [-0.2, -0.15) is 0 Å². The molecule has 1 aromatic heterocycles. The van der Waals surface area contributed by atoms with Gasteiger partial charge in [0.1, 0.15) is 3.70 Å². The Balaban J connectivity index is 2.29. The monoisotopic (exact) mass is 360 g/mol. The van der Waals surface area contributed by atoms with Gasteiger partial charge in [-0.15, -0.1) is 5.10 Å². The molecule has 2 rings (SSSR count). The van der Waals surface area contributed by atoms with Crippen molar-refractivity contribution in [2.24, 2.45) is 0 Å². The lowest BCUT2D eigenvalue weighted by Crippen LogP contribution is -2.02. The van der Waals surface area contributed by atoms with E-state index in [0.29, 0.717) is 6.54 Å². The van der Waals surface area contributed by atoms with E-state index in [1.807, 2.05) is 22.6 Å². The van der Waals surface area contributed by atoms with Gasteiger partial charge in [-0.3, -0.25) is 10.1 Å². The Morgan fingerprint density at radius 3 is 2.89 bits per heavy atom. The predicted octanol–water partition coefficient (Wildman–Crippen LogP) is 1.85. The zero-order valence-corrected chi connectivity index (χ0v) is 11.6. The van der Waals surface area contributed by atoms with Crippen LogP contribution in [0.15, 0.2) is 24.4 Å². The molecule has 0 amide bonds. The minimum Gasteiger partial charge on any atom is -0.490 e. The molecule has 0 aliphatic heterocycles. The number of aromatic nitrogens is 3. The van der Waals surface area contributed by atoms with Gasteiger partial charge in [-0.05, 0) is 34.2 Å². The van der Waals surface area contributed by atoms with E-state index in [4.69, 9.17) is 4.74 Å². The Morgan fingerprint density at radius 1 is 1.56 bits per heavy atom. The summed E-state index contributed by atoms with van der Waals surface area (Å²) in [6, 6.07) is 4.82. The third-order valence-electron chi connectivity index (χ3n) is 2.30. The average molecular weight is 360 g/mol. The first-order valence-electron chi connectivity index (χ1n) is 4.97. The molecule has 0 N–H and O–H groups in total. The number of rotatable bonds is 4. The van der Waals surface area contributed by atoms with Crippen molar-refractivity contribution in [2.75, 3.05) is 7.11 Å². The number of hydrogen-bond acceptors (Lipinski definition) is 5. The molecule has 0 unspecified atom stereocenters. The van der Waals surface area contributed by atoms with Crippen molar-refractivity contribution in [3.8, 4) is 5.75 Å². The Labute approximate surface area is 116 Å². The maximum absolute atomic E-state index is 10.9. The van der Waals surface area contributed by atoms with E-state index in [0.717, 1.165) is 9.26 Å². The van der Waals surface area contributed by atoms with Crippen LogP contribution in [0.3, 0.4) is 0 Å². The lowest BCUT2D eigenvalue weighted by Gasteiger charge is -2.04. The molecule has 8 heteroatoms. The molecule has 0 saturated carbocycles. The van der Waals surface area contributed by atoms with Gasteiger partial charge in [0.05, 0.1) is 24.8 Å². The molecule has 1 aromatic carbocycles. The zero-order chi connectivity index (χ0) is 13.1. The number of halogens is 1. The van der Waals surface area contributed by atoms with Gasteiger partial charge in [0.25, 0.3) is 0 Å². The van der Waals surface area contributed by atoms with Crippen LogP contribution >= 0.6 is 22.6 Å². The van der Waals surface area contributed by atoms with Crippen molar-refractivity contribution in [2.45, 2.75) is 6.54 Å². The third kappa shape index (κ3) is 2.75. The Kier molecular flexibility index (Phi) is 3.75. The molecule has 0 aliphatic carbocycles. The minimum atomic E-state index is -0.465. The van der Waals surface area contributed by atoms with Crippen LogP contribution in [0, 0.1) is 13.8 Å². The highest BCUT2D eigenvalue weighted by atomic mass is 127. The maximum atomic E-state index is 10.9. The highest BCUT2D eigenvalue weighted by Gasteiger charge is 2.15. The summed E-state index contributed by atoms with van der Waals surface area (Å²) in [4.78, 5) is 10.4. The molecule has 0 saturated heterocycles. The first-order chi connectivity index (χ1) is 8.60. The smallest absolute Gasteiger partial charge is 0.311 e. The van der Waals surface area contributed by atoms with E-state index >= 15 is 0 Å². The van der Waals surface area contributed by atoms with Crippen molar-refractivity contribution < 1.29 is 9.66 Å². The number of nitro groups is 1. The standard InChI is InChI=1S/C10H9IN4O3/c1-18-9-3-2-7(4-8(9)15(16)17)5-14-6-10(11)12-13-14/h2-4,6H,5H2,1H3. The number of ether oxygens (including phenoxy) is 1. The van der Waals surface area contributed by atoms with E-state index in [-0.39, 0.29) is 11.4 Å². The van der Waals surface area contributed by atoms with E-state index in [1.54, 1.807) is 23.0 Å². The summed E-state index contributed by atoms with van der Waals surface area (Å²) in [6.07, 6.45) is 1.76. The van der Waals surface area contributed by atoms with E-state index < -0.39 is 4.92 Å². The van der Waals surface area contributed by atoms with E-state index in [2.05, 4.69) is 10.3 Å². The summed E-state index contributed by atoms with van der Waals surface area (Å²) >= 11 is 2.05. The van der Waals surface area contributed by atoms with Gasteiger partial charge in [0, 0.05) is 6.07 Å². The summed E-state index contributed by atoms with van der Waals surface area (Å²) in [6.45, 7) is 0.431. The number of hydrogen-bond donors (Lipinski definition) is 0. The van der Waals surface area contributed by atoms with Crippen molar-refractivity contribution in [3.63, 3.8) is 0 Å². The van der Waals surface area contributed by atoms with Gasteiger partial charge < -0.3 is 4.74 Å². The van der Waals surface area contributed by atoms with Gasteiger partial charge in [-0.25, -0.2) is 4.68 Å². The second-order valence-electron chi connectivity index (χ2n) is 3.50. The molecule has 94 valence electrons. The molecule has 0 radical (unpaired) electrons. The molecule has 0 fully saturated rings. The molecule has 18 heavy (non-hydrogen) atoms. The molecule has 7 nitrogen and oxygen atoms in total. The fraction of sp³-hybridized carbons (Fsp3) is 0.200. The lowest BCUT2D eigenvalue weighted by molar-refractivity contribution is -0.385. The number of methoxy groups -OCH3 is 1. The molecular formula is C10H9IN4O3. The first kappa shape index (κ1) is 12.7. The number of benzene rings is 1. The summed E-state index contributed by atoms with van der Waals surface area (Å²) in [5.41, 5.74) is 0.716. The Morgan fingerprint density at radius 2 is 2.33 bits per heavy atom. The molecule has 0 aliphatic rings. The fourth-order valence-corrected chi connectivity index (χ4v) is 1.93. The second-order valence-corrected chi connectivity index (χ2v) is 4.61. The third-order valence-corrected chi connectivity index (χ3v) is 2.79. The number of nitrogens with zero attached hydrogens (tertiary/aromatic N) is 4. The van der Waals surface area contributed by atoms with Gasteiger partial charge in [-0.1, -0.05) is 11.3 Å². The minimum absolute atomic E-state index is 0.0511. The fourth-order valence-electron chi connectivity index (χ4n) is 1.52. The van der Waals surface area contributed by atoms with Gasteiger partial charge in [0.15, 0.2) is 5.75 Å². The first-order valence-corrected chi connectivity index (χ1v) is 6.05. The van der Waals surface area contributed by atoms with Crippen LogP contribution in [-0.4, -0.2) is 27.0 Å². The Hall–Kier alpha value is -1.71. The van der Waals surface area contributed by atoms with E-state index in [9.17, 15) is 10.1 Å². The molecule has 1 heterocycles. The van der Waals surface area contributed by atoms with Crippen LogP contribution < -0.4 is 4.74 Å². The molecule has 2 aromatic rings. The van der Waals surface area contributed by atoms with Crippen molar-refractivity contribution in [3.05, 3.63) is 43.8 Å². The van der Waals surface area contributed by atoms with Crippen molar-refractivity contribution in [1.29, 1.82) is 0 Å². The summed E-state index contributed by atoms with van der Waals surface area (Å²) in [5.74, 6) is 0.247. The summed E-state index contributed by atoms with van der Waals surface area (Å²) < 4.78 is 7.33. The van der Waals surface area contributed by atoms with Crippen molar-refractivity contribution in [1.82, 2.24) is 15.0 Å². The van der Waals surface area contributed by atoms with Gasteiger partial charge >= 0.3 is 5.69 Å². The van der Waals surface area contributed by atoms with Crippen LogP contribution in [0.5, 0.6) is 5.75 Å². The summed E-state index contributed by atoms with van der Waals surface area (Å²) in [5, 5.41) is 18.6. The number of nitro benzene ring substituents is 1. The predicted molar refractivity (Wildman–Crippen MR) is 71.5 cm³/mol. The lowest BCUT2D eigenvalue weighted by atomic mass is 10.2. The van der Waals surface area contributed by atoms with Crippen LogP contribution in [0.4, 0.5) is 5.69 Å². The zero-order valence-electron chi connectivity index (χ0n) is 9.41. The summed E-state index contributed by atoms with van der Waals surface area (Å²) in [7, 11) is 1.40. The van der Waals surface area contributed by atoms with Gasteiger partial charge in [0.2, 0.25) is 0 Å². The van der Waals surface area contributed by atoms with Crippen LogP contribution in [0.25, 0.3) is 0 Å². The second kappa shape index (κ2) is 5.29. The largest absolute Gasteiger partial charge is 0.490 e. The normalized spacial score (nSPS) is 10.3. The topological polar surface area (TPSA) is 83.1 Å². The quantitative estimate of drug-likeness (QED) is 0.472. The highest BCUT2D eigenvalue weighted by molar-refractivity contribution is 14.1. The van der Waals surface area contributed by atoms with Crippen LogP contribution in [0.2, 0.25) is 0 Å². The maximum Gasteiger partial charge on any atom is 0.311 e. The van der Waals surface area contributed by atoms with Crippen molar-refractivity contribution >= 4 is 28.3 Å². The molecule has 0 bridgehead atoms. The van der Waals surface area contributed by atoms with Crippen LogP contribution in [-0.2, 0) is 6.54 Å². The molecule has 0 spiro atoms. The van der Waals surface area contributed by atoms with Crippen LogP contribution in [0.1, 0.15) is 5.56 Å². The molecular weight excluding hydrogens is 351 g/mol. The SMILES string of the molecule is COc1ccc(Cn2cc(I)nn2)cc1[N+](=O)[O-]. The van der Waals surface area contributed by atoms with E-state index in [1.165, 1.54) is 13.2 Å². The average Bonchev–Trinajstić information content (AvgIpc) is 2.74.